The van der Waals surface area contributed by atoms with Gasteiger partial charge in [-0.3, -0.25) is 4.79 Å². The van der Waals surface area contributed by atoms with Crippen molar-refractivity contribution in [1.82, 2.24) is 15.1 Å². The molecule has 0 radical (unpaired) electrons. The average molecular weight is 406 g/mol. The molecule has 150 valence electrons. The van der Waals surface area contributed by atoms with Gasteiger partial charge in [-0.2, -0.15) is 5.10 Å². The van der Waals surface area contributed by atoms with Crippen LogP contribution in [0.15, 0.2) is 24.3 Å². The molecule has 7 nitrogen and oxygen atoms in total. The predicted molar refractivity (Wildman–Crippen MR) is 105 cm³/mol. The Kier molecular flexibility index (Phi) is 6.70. The smallest absolute Gasteiger partial charge is 0.343 e. The number of carbonyl (C=O) groups is 2. The Morgan fingerprint density at radius 1 is 1.32 bits per heavy atom. The maximum Gasteiger partial charge on any atom is 0.343 e. The molecule has 2 aromatic rings. The third-order valence-electron chi connectivity index (χ3n) is 4.61. The maximum absolute atomic E-state index is 12.4. The number of ether oxygens (including phenoxy) is 2. The van der Waals surface area contributed by atoms with Crippen molar-refractivity contribution in [1.29, 1.82) is 0 Å². The molecule has 1 atom stereocenters. The molecule has 28 heavy (non-hydrogen) atoms. The first kappa shape index (κ1) is 20.4. The number of esters is 1. The minimum Gasteiger partial charge on any atom is -0.452 e. The maximum atomic E-state index is 12.4. The van der Waals surface area contributed by atoms with Crippen molar-refractivity contribution < 1.29 is 19.1 Å². The van der Waals surface area contributed by atoms with Gasteiger partial charge < -0.3 is 14.8 Å². The molecule has 0 aliphatic carbocycles. The Morgan fingerprint density at radius 3 is 2.75 bits per heavy atom. The van der Waals surface area contributed by atoms with Crippen LogP contribution >= 0.6 is 11.6 Å². The van der Waals surface area contributed by atoms with Crippen LogP contribution in [0.2, 0.25) is 5.15 Å². The van der Waals surface area contributed by atoms with Crippen LogP contribution in [-0.4, -0.2) is 47.5 Å². The Morgan fingerprint density at radius 2 is 2.07 bits per heavy atom. The van der Waals surface area contributed by atoms with Crippen LogP contribution in [0.4, 0.5) is 0 Å². The summed E-state index contributed by atoms with van der Waals surface area (Å²) in [6.45, 7) is 4.91. The van der Waals surface area contributed by atoms with Crippen LogP contribution < -0.4 is 5.32 Å². The summed E-state index contributed by atoms with van der Waals surface area (Å²) in [5.41, 5.74) is 2.82. The average Bonchev–Trinajstić information content (AvgIpc) is 3.28. The van der Waals surface area contributed by atoms with E-state index in [-0.39, 0.29) is 29.3 Å². The summed E-state index contributed by atoms with van der Waals surface area (Å²) in [6, 6.07) is 7.98. The Labute approximate surface area is 169 Å². The van der Waals surface area contributed by atoms with Crippen molar-refractivity contribution in [3.8, 4) is 0 Å². The van der Waals surface area contributed by atoms with Gasteiger partial charge in [0, 0.05) is 13.2 Å². The van der Waals surface area contributed by atoms with Crippen molar-refractivity contribution in [3.05, 3.63) is 51.8 Å². The number of benzene rings is 1. The third-order valence-corrected chi connectivity index (χ3v) is 4.99. The second kappa shape index (κ2) is 9.21. The van der Waals surface area contributed by atoms with Crippen LogP contribution in [0.25, 0.3) is 0 Å². The molecular weight excluding hydrogens is 382 g/mol. The number of aryl methyl sites for hydroxylation is 2. The summed E-state index contributed by atoms with van der Waals surface area (Å²) >= 11 is 6.35. The van der Waals surface area contributed by atoms with Crippen molar-refractivity contribution >= 4 is 23.5 Å². The summed E-state index contributed by atoms with van der Waals surface area (Å²) in [4.78, 5) is 24.3. The first-order chi connectivity index (χ1) is 13.4. The van der Waals surface area contributed by atoms with Gasteiger partial charge in [0.15, 0.2) is 6.61 Å². The number of hydrogen-bond donors (Lipinski definition) is 1. The topological polar surface area (TPSA) is 82.5 Å². The van der Waals surface area contributed by atoms with Gasteiger partial charge in [-0.1, -0.05) is 41.4 Å². The molecule has 1 aliphatic heterocycles. The fourth-order valence-corrected chi connectivity index (χ4v) is 3.36. The summed E-state index contributed by atoms with van der Waals surface area (Å²) < 4.78 is 12.1. The van der Waals surface area contributed by atoms with E-state index in [0.29, 0.717) is 18.8 Å². The fourth-order valence-electron chi connectivity index (χ4n) is 3.04. The first-order valence-electron chi connectivity index (χ1n) is 9.28. The van der Waals surface area contributed by atoms with E-state index in [0.717, 1.165) is 30.6 Å². The van der Waals surface area contributed by atoms with E-state index >= 15 is 0 Å². The fraction of sp³-hybridized carbons (Fsp3) is 0.450. The Hall–Kier alpha value is -2.38. The van der Waals surface area contributed by atoms with Crippen LogP contribution in [-0.2, 0) is 20.8 Å². The van der Waals surface area contributed by atoms with E-state index in [4.69, 9.17) is 21.1 Å². The second-order valence-electron chi connectivity index (χ2n) is 6.91. The van der Waals surface area contributed by atoms with E-state index in [1.54, 1.807) is 11.6 Å². The lowest BCUT2D eigenvalue weighted by atomic mass is 10.1. The number of rotatable bonds is 7. The zero-order valence-electron chi connectivity index (χ0n) is 16.0. The predicted octanol–water partition coefficient (Wildman–Crippen LogP) is 2.65. The van der Waals surface area contributed by atoms with Gasteiger partial charge in [-0.05, 0) is 32.3 Å². The van der Waals surface area contributed by atoms with E-state index < -0.39 is 5.97 Å². The first-order valence-corrected chi connectivity index (χ1v) is 9.65. The lowest BCUT2D eigenvalue weighted by Gasteiger charge is -2.11. The molecular formula is C20H24ClN3O4. The molecule has 0 unspecified atom stereocenters. The molecule has 1 fully saturated rings. The normalized spacial score (nSPS) is 16.2. The molecule has 3 rings (SSSR count). The van der Waals surface area contributed by atoms with Crippen molar-refractivity contribution in [2.45, 2.75) is 39.3 Å². The molecule has 1 N–H and O–H groups in total. The molecule has 0 spiro atoms. The summed E-state index contributed by atoms with van der Waals surface area (Å²) in [5, 5.41) is 7.24. The van der Waals surface area contributed by atoms with Crippen molar-refractivity contribution in [2.24, 2.45) is 0 Å². The number of hydrogen-bond acceptors (Lipinski definition) is 5. The van der Waals surface area contributed by atoms with Gasteiger partial charge in [-0.15, -0.1) is 0 Å². The lowest BCUT2D eigenvalue weighted by molar-refractivity contribution is -0.124. The molecule has 1 amide bonds. The number of amides is 1. The molecule has 0 bridgehead atoms. The summed E-state index contributed by atoms with van der Waals surface area (Å²) in [7, 11) is 0. The molecule has 1 aromatic carbocycles. The van der Waals surface area contributed by atoms with E-state index in [2.05, 4.69) is 10.4 Å². The van der Waals surface area contributed by atoms with Crippen LogP contribution in [0.1, 0.15) is 40.0 Å². The number of halogens is 1. The molecule has 2 heterocycles. The molecule has 1 aromatic heterocycles. The highest BCUT2D eigenvalue weighted by Crippen LogP contribution is 2.22. The molecule has 1 aliphatic rings. The van der Waals surface area contributed by atoms with Crippen LogP contribution in [0, 0.1) is 13.8 Å². The SMILES string of the molecule is Cc1ccc(Cn2nc(C)c(C(=O)OCC(=O)NC[C@@H]3CCCO3)c2Cl)cc1. The molecule has 8 heteroatoms. The number of carbonyl (C=O) groups excluding carboxylic acids is 2. The Balaban J connectivity index is 1.56. The lowest BCUT2D eigenvalue weighted by Crippen LogP contribution is -2.34. The zero-order chi connectivity index (χ0) is 20.1. The highest BCUT2D eigenvalue weighted by molar-refractivity contribution is 6.32. The molecule has 0 saturated carbocycles. The number of nitrogens with one attached hydrogen (secondary N) is 1. The van der Waals surface area contributed by atoms with E-state index in [9.17, 15) is 9.59 Å². The van der Waals surface area contributed by atoms with Gasteiger partial charge in [0.25, 0.3) is 5.91 Å². The van der Waals surface area contributed by atoms with Gasteiger partial charge >= 0.3 is 5.97 Å². The van der Waals surface area contributed by atoms with Gasteiger partial charge in [-0.25, -0.2) is 9.48 Å². The standard InChI is InChI=1S/C20H24ClN3O4/c1-13-5-7-15(8-6-13)11-24-19(21)18(14(2)23-24)20(26)28-12-17(25)22-10-16-4-3-9-27-16/h5-8,16H,3-4,9-12H2,1-2H3,(H,22,25)/t16-/m0/s1. The minimum atomic E-state index is -0.662. The zero-order valence-corrected chi connectivity index (χ0v) is 16.8. The minimum absolute atomic E-state index is 0.0383. The number of aromatic nitrogens is 2. The van der Waals surface area contributed by atoms with Gasteiger partial charge in [0.05, 0.1) is 18.3 Å². The Bertz CT molecular complexity index is 842. The third kappa shape index (κ3) is 5.11. The second-order valence-corrected chi connectivity index (χ2v) is 7.27. The molecule has 1 saturated heterocycles. The summed E-state index contributed by atoms with van der Waals surface area (Å²) in [6.07, 6.45) is 1.96. The van der Waals surface area contributed by atoms with E-state index in [1.807, 2.05) is 31.2 Å². The largest absolute Gasteiger partial charge is 0.452 e. The van der Waals surface area contributed by atoms with Gasteiger partial charge in [0.1, 0.15) is 10.7 Å². The van der Waals surface area contributed by atoms with Crippen molar-refractivity contribution in [3.63, 3.8) is 0 Å². The monoisotopic (exact) mass is 405 g/mol. The van der Waals surface area contributed by atoms with Crippen LogP contribution in [0.3, 0.4) is 0 Å². The number of nitrogens with zero attached hydrogens (tertiary/aromatic N) is 2. The van der Waals surface area contributed by atoms with E-state index in [1.165, 1.54) is 0 Å². The quantitative estimate of drug-likeness (QED) is 0.716. The van der Waals surface area contributed by atoms with Crippen molar-refractivity contribution in [2.75, 3.05) is 19.8 Å². The highest BCUT2D eigenvalue weighted by atomic mass is 35.5. The highest BCUT2D eigenvalue weighted by Gasteiger charge is 2.23. The summed E-state index contributed by atoms with van der Waals surface area (Å²) in [5.74, 6) is -1.03. The van der Waals surface area contributed by atoms with Gasteiger partial charge in [0.2, 0.25) is 0 Å². The van der Waals surface area contributed by atoms with Crippen LogP contribution in [0.5, 0.6) is 0 Å².